The number of benzene rings is 1. The van der Waals surface area contributed by atoms with Gasteiger partial charge in [-0.25, -0.2) is 22.5 Å². The van der Waals surface area contributed by atoms with Crippen molar-refractivity contribution < 1.29 is 17.6 Å². The van der Waals surface area contributed by atoms with E-state index in [9.17, 15) is 17.6 Å². The highest BCUT2D eigenvalue weighted by molar-refractivity contribution is 7.89. The number of carbonyl (C=O) groups excluding carboxylic acids is 1. The zero-order chi connectivity index (χ0) is 17.0. The minimum absolute atomic E-state index is 0.163. The Labute approximate surface area is 137 Å². The summed E-state index contributed by atoms with van der Waals surface area (Å²) in [5.41, 5.74) is -0.354. The molecule has 1 atom stereocenters. The Morgan fingerprint density at radius 3 is 2.78 bits per heavy atom. The maximum absolute atomic E-state index is 13.9. The van der Waals surface area contributed by atoms with Gasteiger partial charge in [0.15, 0.2) is 5.13 Å². The highest BCUT2D eigenvalue weighted by atomic mass is 32.2. The van der Waals surface area contributed by atoms with Crippen molar-refractivity contribution in [2.24, 2.45) is 0 Å². The van der Waals surface area contributed by atoms with Crippen LogP contribution in [0.3, 0.4) is 0 Å². The third kappa shape index (κ3) is 4.34. The summed E-state index contributed by atoms with van der Waals surface area (Å²) < 4.78 is 40.8. The lowest BCUT2D eigenvalue weighted by Crippen LogP contribution is -2.32. The van der Waals surface area contributed by atoms with Gasteiger partial charge in [-0.05, 0) is 31.5 Å². The van der Waals surface area contributed by atoms with Crippen molar-refractivity contribution in [1.29, 1.82) is 0 Å². The lowest BCUT2D eigenvalue weighted by Gasteiger charge is -2.13. The SMILES string of the molecule is CC[C@@H](C)NS(=O)(=O)c1ccc(F)c(C(=O)Nc2nccs2)c1. The van der Waals surface area contributed by atoms with E-state index < -0.39 is 21.7 Å². The molecule has 0 aliphatic heterocycles. The maximum Gasteiger partial charge on any atom is 0.260 e. The third-order valence-corrected chi connectivity index (χ3v) is 5.39. The quantitative estimate of drug-likeness (QED) is 0.832. The van der Waals surface area contributed by atoms with Crippen LogP contribution in [0.2, 0.25) is 0 Å². The van der Waals surface area contributed by atoms with Crippen LogP contribution in [0, 0.1) is 5.82 Å². The molecule has 0 saturated carbocycles. The number of anilines is 1. The van der Waals surface area contributed by atoms with E-state index in [2.05, 4.69) is 15.0 Å². The number of hydrogen-bond donors (Lipinski definition) is 2. The van der Waals surface area contributed by atoms with Gasteiger partial charge in [0.25, 0.3) is 5.91 Å². The zero-order valence-electron chi connectivity index (χ0n) is 12.5. The summed E-state index contributed by atoms with van der Waals surface area (Å²) >= 11 is 1.18. The number of amides is 1. The summed E-state index contributed by atoms with van der Waals surface area (Å²) in [6.45, 7) is 3.56. The molecule has 0 unspecified atom stereocenters. The number of nitrogens with zero attached hydrogens (tertiary/aromatic N) is 1. The predicted octanol–water partition coefficient (Wildman–Crippen LogP) is 2.61. The lowest BCUT2D eigenvalue weighted by molar-refractivity contribution is 0.102. The summed E-state index contributed by atoms with van der Waals surface area (Å²) in [6.07, 6.45) is 2.10. The molecule has 0 radical (unpaired) electrons. The molecule has 0 spiro atoms. The molecular formula is C14H16FN3O3S2. The van der Waals surface area contributed by atoms with E-state index in [1.54, 1.807) is 12.3 Å². The van der Waals surface area contributed by atoms with Crippen LogP contribution in [0.15, 0.2) is 34.7 Å². The first-order valence-electron chi connectivity index (χ1n) is 6.86. The van der Waals surface area contributed by atoms with E-state index in [0.717, 1.165) is 18.2 Å². The van der Waals surface area contributed by atoms with E-state index in [-0.39, 0.29) is 16.5 Å². The number of aromatic nitrogens is 1. The number of sulfonamides is 1. The Morgan fingerprint density at radius 2 is 2.17 bits per heavy atom. The van der Waals surface area contributed by atoms with Gasteiger partial charge in [0.1, 0.15) is 5.82 Å². The summed E-state index contributed by atoms with van der Waals surface area (Å²) in [5, 5.41) is 4.38. The van der Waals surface area contributed by atoms with Crippen molar-refractivity contribution in [3.63, 3.8) is 0 Å². The molecule has 1 aromatic carbocycles. The first-order chi connectivity index (χ1) is 10.8. The molecule has 0 saturated heterocycles. The molecule has 1 amide bonds. The van der Waals surface area contributed by atoms with Crippen LogP contribution in [-0.2, 0) is 10.0 Å². The van der Waals surface area contributed by atoms with Gasteiger partial charge in [-0.2, -0.15) is 0 Å². The molecule has 2 aromatic rings. The van der Waals surface area contributed by atoms with Gasteiger partial charge in [-0.1, -0.05) is 6.92 Å². The molecule has 1 heterocycles. The summed E-state index contributed by atoms with van der Waals surface area (Å²) in [5.74, 6) is -1.56. The van der Waals surface area contributed by atoms with Crippen molar-refractivity contribution in [1.82, 2.24) is 9.71 Å². The van der Waals surface area contributed by atoms with E-state index in [1.807, 2.05) is 6.92 Å². The predicted molar refractivity (Wildman–Crippen MR) is 86.5 cm³/mol. The highest BCUT2D eigenvalue weighted by Crippen LogP contribution is 2.18. The van der Waals surface area contributed by atoms with E-state index in [1.165, 1.54) is 17.5 Å². The molecule has 2 N–H and O–H groups in total. The van der Waals surface area contributed by atoms with Gasteiger partial charge >= 0.3 is 0 Å². The monoisotopic (exact) mass is 357 g/mol. The fraction of sp³-hybridized carbons (Fsp3) is 0.286. The highest BCUT2D eigenvalue weighted by Gasteiger charge is 2.21. The summed E-state index contributed by atoms with van der Waals surface area (Å²) in [6, 6.07) is 2.84. The smallest absolute Gasteiger partial charge is 0.260 e. The van der Waals surface area contributed by atoms with Crippen molar-refractivity contribution >= 4 is 32.4 Å². The van der Waals surface area contributed by atoms with Crippen molar-refractivity contribution in [3.05, 3.63) is 41.2 Å². The van der Waals surface area contributed by atoms with Crippen LogP contribution in [0.4, 0.5) is 9.52 Å². The lowest BCUT2D eigenvalue weighted by atomic mass is 10.2. The normalized spacial score (nSPS) is 12.8. The average Bonchev–Trinajstić information content (AvgIpc) is 2.99. The molecule has 6 nitrogen and oxygen atoms in total. The number of nitrogens with one attached hydrogen (secondary N) is 2. The first kappa shape index (κ1) is 17.5. The molecule has 9 heteroatoms. The average molecular weight is 357 g/mol. The van der Waals surface area contributed by atoms with Gasteiger partial charge in [0.2, 0.25) is 10.0 Å². The van der Waals surface area contributed by atoms with Gasteiger partial charge in [-0.15, -0.1) is 11.3 Å². The fourth-order valence-electron chi connectivity index (χ4n) is 1.71. The van der Waals surface area contributed by atoms with Crippen molar-refractivity contribution in [2.75, 3.05) is 5.32 Å². The maximum atomic E-state index is 13.9. The van der Waals surface area contributed by atoms with Crippen LogP contribution in [-0.4, -0.2) is 25.4 Å². The Bertz CT molecular complexity index is 792. The zero-order valence-corrected chi connectivity index (χ0v) is 14.2. The molecule has 0 aliphatic carbocycles. The Balaban J connectivity index is 2.30. The minimum atomic E-state index is -3.82. The largest absolute Gasteiger partial charge is 0.298 e. The number of hydrogen-bond acceptors (Lipinski definition) is 5. The molecule has 1 aromatic heterocycles. The standard InChI is InChI=1S/C14H16FN3O3S2/c1-3-9(2)18-23(20,21)10-4-5-12(15)11(8-10)13(19)17-14-16-6-7-22-14/h4-9,18H,3H2,1-2H3,(H,16,17,19)/t9-/m1/s1. The van der Waals surface area contributed by atoms with Crippen molar-refractivity contribution in [3.8, 4) is 0 Å². The number of thiazole rings is 1. The van der Waals surface area contributed by atoms with E-state index >= 15 is 0 Å². The molecule has 124 valence electrons. The second-order valence-electron chi connectivity index (χ2n) is 4.86. The summed E-state index contributed by atoms with van der Waals surface area (Å²) in [7, 11) is -3.82. The van der Waals surface area contributed by atoms with Gasteiger partial charge in [-0.3, -0.25) is 10.1 Å². The molecule has 0 aliphatic rings. The second-order valence-corrected chi connectivity index (χ2v) is 7.47. The molecule has 0 fully saturated rings. The number of carbonyl (C=O) groups is 1. The Morgan fingerprint density at radius 1 is 1.43 bits per heavy atom. The van der Waals surface area contributed by atoms with Crippen LogP contribution < -0.4 is 10.0 Å². The van der Waals surface area contributed by atoms with Crippen LogP contribution in [0.5, 0.6) is 0 Å². The second kappa shape index (κ2) is 7.16. The summed E-state index contributed by atoms with van der Waals surface area (Å²) in [4.78, 5) is 15.8. The first-order valence-corrected chi connectivity index (χ1v) is 9.22. The van der Waals surface area contributed by atoms with Crippen LogP contribution in [0.25, 0.3) is 0 Å². The topological polar surface area (TPSA) is 88.2 Å². The Hall–Kier alpha value is -1.84. The van der Waals surface area contributed by atoms with Gasteiger partial charge < -0.3 is 0 Å². The molecule has 2 rings (SSSR count). The fourth-order valence-corrected chi connectivity index (χ4v) is 3.59. The van der Waals surface area contributed by atoms with Crippen LogP contribution >= 0.6 is 11.3 Å². The molecular weight excluding hydrogens is 341 g/mol. The third-order valence-electron chi connectivity index (χ3n) is 3.11. The minimum Gasteiger partial charge on any atom is -0.298 e. The number of halogens is 1. The van der Waals surface area contributed by atoms with E-state index in [4.69, 9.17) is 0 Å². The molecule has 0 bridgehead atoms. The van der Waals surface area contributed by atoms with E-state index in [0.29, 0.717) is 11.6 Å². The van der Waals surface area contributed by atoms with Gasteiger partial charge in [0, 0.05) is 17.6 Å². The van der Waals surface area contributed by atoms with Gasteiger partial charge in [0.05, 0.1) is 10.5 Å². The van der Waals surface area contributed by atoms with Crippen molar-refractivity contribution in [2.45, 2.75) is 31.2 Å². The Kier molecular flexibility index (Phi) is 5.45. The number of rotatable bonds is 6. The van der Waals surface area contributed by atoms with Crippen LogP contribution in [0.1, 0.15) is 30.6 Å². The molecule has 23 heavy (non-hydrogen) atoms.